The van der Waals surface area contributed by atoms with Crippen molar-refractivity contribution in [2.24, 2.45) is 15.1 Å². The number of hydrogen-bond donors (Lipinski definition) is 2. The Kier molecular flexibility index (Phi) is 6.71. The fraction of sp³-hybridized carbons (Fsp3) is 0.250. The van der Waals surface area contributed by atoms with Gasteiger partial charge in [-0.3, -0.25) is 9.79 Å². The Bertz CT molecular complexity index is 1180. The Labute approximate surface area is 198 Å². The van der Waals surface area contributed by atoms with Crippen molar-refractivity contribution in [3.05, 3.63) is 60.4 Å². The minimum atomic E-state index is -0.139. The third kappa shape index (κ3) is 4.82. The number of rotatable bonds is 8. The summed E-state index contributed by atoms with van der Waals surface area (Å²) in [6.45, 7) is 1.32. The van der Waals surface area contributed by atoms with Gasteiger partial charge in [-0.05, 0) is 25.3 Å². The molecule has 0 saturated carbocycles. The molecule has 2 heterocycles. The molecular weight excluding hydrogens is 434 g/mol. The van der Waals surface area contributed by atoms with E-state index in [4.69, 9.17) is 14.6 Å². The van der Waals surface area contributed by atoms with E-state index in [1.54, 1.807) is 38.8 Å². The molecule has 2 aromatic carbocycles. The predicted octanol–water partition coefficient (Wildman–Crippen LogP) is 2.65. The van der Waals surface area contributed by atoms with Gasteiger partial charge < -0.3 is 25.0 Å². The van der Waals surface area contributed by atoms with Crippen LogP contribution in [0.4, 0.5) is 11.4 Å². The van der Waals surface area contributed by atoms with E-state index in [-0.39, 0.29) is 10.5 Å². The van der Waals surface area contributed by atoms with Crippen LogP contribution < -0.4 is 24.7 Å². The van der Waals surface area contributed by atoms with Crippen molar-refractivity contribution in [2.75, 3.05) is 46.7 Å². The number of nitrogens with zero attached hydrogens (tertiary/aromatic N) is 5. The Morgan fingerprint density at radius 2 is 1.85 bits per heavy atom. The minimum absolute atomic E-state index is 0.0360. The van der Waals surface area contributed by atoms with E-state index in [1.807, 2.05) is 55.5 Å². The maximum Gasteiger partial charge on any atom is 0.287 e. The summed E-state index contributed by atoms with van der Waals surface area (Å²) < 4.78 is 10.7. The highest BCUT2D eigenvalue weighted by Gasteiger charge is 2.43. The maximum atomic E-state index is 12.7. The van der Waals surface area contributed by atoms with Crippen molar-refractivity contribution >= 4 is 35.3 Å². The predicted molar refractivity (Wildman–Crippen MR) is 135 cm³/mol. The summed E-state index contributed by atoms with van der Waals surface area (Å²) in [6, 6.07) is 12.8. The highest BCUT2D eigenvalue weighted by molar-refractivity contribution is 6.38. The van der Waals surface area contributed by atoms with Gasteiger partial charge in [-0.15, -0.1) is 0 Å². The summed E-state index contributed by atoms with van der Waals surface area (Å²) in [5.41, 5.74) is 2.03. The van der Waals surface area contributed by atoms with E-state index < -0.39 is 0 Å². The molecule has 4 rings (SSSR count). The minimum Gasteiger partial charge on any atom is -0.497 e. The van der Waals surface area contributed by atoms with Gasteiger partial charge in [0.2, 0.25) is 0 Å². The largest absolute Gasteiger partial charge is 0.497 e. The van der Waals surface area contributed by atoms with Crippen LogP contribution in [0.15, 0.2) is 70.0 Å². The number of hydrogen-bond acceptors (Lipinski definition) is 8. The fourth-order valence-corrected chi connectivity index (χ4v) is 3.57. The van der Waals surface area contributed by atoms with Crippen LogP contribution in [0, 0.1) is 0 Å². The zero-order valence-electron chi connectivity index (χ0n) is 19.6. The van der Waals surface area contributed by atoms with Crippen molar-refractivity contribution in [1.82, 2.24) is 14.8 Å². The molecule has 0 fully saturated rings. The number of benzene rings is 2. The molecule has 10 heteroatoms. The first kappa shape index (κ1) is 23.1. The summed E-state index contributed by atoms with van der Waals surface area (Å²) >= 11 is 0. The Morgan fingerprint density at radius 1 is 1.09 bits per heavy atom. The lowest BCUT2D eigenvalue weighted by Crippen LogP contribution is -2.44. The molecule has 2 aliphatic heterocycles. The number of nitrogens with one attached hydrogen (secondary N) is 2. The van der Waals surface area contributed by atoms with Crippen LogP contribution in [0.25, 0.3) is 0 Å². The van der Waals surface area contributed by atoms with Crippen LogP contribution in [0.2, 0.25) is 0 Å². The summed E-state index contributed by atoms with van der Waals surface area (Å²) in [7, 11) is 7.12. The van der Waals surface area contributed by atoms with Crippen molar-refractivity contribution < 1.29 is 14.3 Å². The van der Waals surface area contributed by atoms with Crippen LogP contribution >= 0.6 is 0 Å². The van der Waals surface area contributed by atoms with Crippen LogP contribution in [0.3, 0.4) is 0 Å². The normalized spacial score (nSPS) is 18.3. The number of methoxy groups -OCH3 is 2. The number of anilines is 1. The highest BCUT2D eigenvalue weighted by Crippen LogP contribution is 2.32. The molecule has 10 nitrogen and oxygen atoms in total. The van der Waals surface area contributed by atoms with E-state index in [0.29, 0.717) is 41.1 Å². The molecule has 1 unspecified atom stereocenters. The molecule has 1 amide bonds. The number of guanidine groups is 1. The molecule has 0 aliphatic carbocycles. The summed E-state index contributed by atoms with van der Waals surface area (Å²) in [5.74, 6) is 2.14. The Morgan fingerprint density at radius 3 is 2.56 bits per heavy atom. The summed E-state index contributed by atoms with van der Waals surface area (Å²) in [6.07, 6.45) is 5.15. The molecule has 34 heavy (non-hydrogen) atoms. The number of quaternary nitrogens is 1. The molecule has 2 aromatic rings. The van der Waals surface area contributed by atoms with E-state index >= 15 is 0 Å². The quantitative estimate of drug-likeness (QED) is 0.588. The number of aliphatic imine (C=N–C) groups is 2. The number of amidine groups is 1. The second kappa shape index (κ2) is 9.86. The monoisotopic (exact) mass is 462 g/mol. The van der Waals surface area contributed by atoms with E-state index in [1.165, 1.54) is 0 Å². The van der Waals surface area contributed by atoms with Gasteiger partial charge >= 0.3 is 0 Å². The topological polar surface area (TPSA) is 99.9 Å². The van der Waals surface area contributed by atoms with Gasteiger partial charge in [-0.1, -0.05) is 10.7 Å². The zero-order valence-corrected chi connectivity index (χ0v) is 19.6. The second-order valence-corrected chi connectivity index (χ2v) is 7.99. The standard InChI is InChI=1S/C24H27N7O3/c1-30(2)10-8-26-23(32)17-6-5-7-19(12-17)31-11-9-25-16-22(31)28-24(29-31)27-18-13-20(33-3)15-21(14-18)34-4/h5-7,9,11-16H,8,10H2,1-4H3,(H-,26,27,29,32)/p+1. The van der Waals surface area contributed by atoms with E-state index in [0.717, 1.165) is 12.2 Å². The SMILES string of the molecule is COc1cc(NC2=N[N+]3(c4cccc(C(=O)NCCN(C)C)c4)C=CN=CC3=N2)cc(OC)c1. The number of carbonyl (C=O) groups excluding carboxylic acids is 1. The molecule has 2 aliphatic rings. The molecule has 0 spiro atoms. The highest BCUT2D eigenvalue weighted by atomic mass is 16.5. The van der Waals surface area contributed by atoms with Crippen molar-refractivity contribution in [3.8, 4) is 11.5 Å². The van der Waals surface area contributed by atoms with Gasteiger partial charge in [0.15, 0.2) is 11.9 Å². The third-order valence-electron chi connectivity index (χ3n) is 5.33. The average molecular weight is 463 g/mol. The summed E-state index contributed by atoms with van der Waals surface area (Å²) in [5, 5.41) is 11.0. The van der Waals surface area contributed by atoms with Crippen LogP contribution in [-0.4, -0.2) is 70.2 Å². The number of ether oxygens (including phenoxy) is 2. The van der Waals surface area contributed by atoms with E-state index in [2.05, 4.69) is 20.6 Å². The first-order valence-electron chi connectivity index (χ1n) is 10.8. The van der Waals surface area contributed by atoms with Crippen molar-refractivity contribution in [1.29, 1.82) is 0 Å². The third-order valence-corrected chi connectivity index (χ3v) is 5.33. The Hall–Kier alpha value is -4.02. The van der Waals surface area contributed by atoms with Gasteiger partial charge in [-0.25, -0.2) is 0 Å². The number of likely N-dealkylation sites (N-methyl/N-ethyl adjacent to an activating group) is 1. The zero-order chi connectivity index (χ0) is 24.1. The van der Waals surface area contributed by atoms with Crippen LogP contribution in [0.1, 0.15) is 10.4 Å². The lowest BCUT2D eigenvalue weighted by Gasteiger charge is -2.24. The second-order valence-electron chi connectivity index (χ2n) is 7.99. The molecule has 0 saturated heterocycles. The van der Waals surface area contributed by atoms with Gasteiger partial charge in [0.1, 0.15) is 17.7 Å². The van der Waals surface area contributed by atoms with Crippen LogP contribution in [0.5, 0.6) is 11.5 Å². The first-order chi connectivity index (χ1) is 16.4. The lowest BCUT2D eigenvalue weighted by atomic mass is 10.1. The van der Waals surface area contributed by atoms with Gasteiger partial charge in [-0.2, -0.15) is 4.99 Å². The molecular formula is C24H28N7O3+. The lowest BCUT2D eigenvalue weighted by molar-refractivity contribution is 0.0951. The van der Waals surface area contributed by atoms with Crippen LogP contribution in [-0.2, 0) is 0 Å². The molecule has 176 valence electrons. The molecule has 0 bridgehead atoms. The fourth-order valence-electron chi connectivity index (χ4n) is 3.57. The van der Waals surface area contributed by atoms with Gasteiger partial charge in [0.05, 0.1) is 20.4 Å². The smallest absolute Gasteiger partial charge is 0.287 e. The first-order valence-corrected chi connectivity index (χ1v) is 10.8. The number of carbonyl (C=O) groups is 1. The summed E-state index contributed by atoms with van der Waals surface area (Å²) in [4.78, 5) is 23.6. The molecule has 2 N–H and O–H groups in total. The van der Waals surface area contributed by atoms with Crippen molar-refractivity contribution in [3.63, 3.8) is 0 Å². The number of fused-ring (bicyclic) bond motifs is 1. The molecule has 0 aromatic heterocycles. The number of amides is 1. The maximum absolute atomic E-state index is 12.7. The average Bonchev–Trinajstić information content (AvgIpc) is 3.22. The Balaban J connectivity index is 1.63. The van der Waals surface area contributed by atoms with E-state index in [9.17, 15) is 4.79 Å². The molecule has 0 radical (unpaired) electrons. The molecule has 1 atom stereocenters. The van der Waals surface area contributed by atoms with Crippen molar-refractivity contribution in [2.45, 2.75) is 0 Å². The van der Waals surface area contributed by atoms with Gasteiger partial charge in [0.25, 0.3) is 17.7 Å². The van der Waals surface area contributed by atoms with Gasteiger partial charge in [0, 0.05) is 54.7 Å².